The van der Waals surface area contributed by atoms with Crippen molar-refractivity contribution in [3.8, 4) is 0 Å². The lowest BCUT2D eigenvalue weighted by Crippen LogP contribution is -2.31. The highest BCUT2D eigenvalue weighted by Crippen LogP contribution is 2.22. The van der Waals surface area contributed by atoms with Crippen molar-refractivity contribution in [3.05, 3.63) is 35.9 Å². The van der Waals surface area contributed by atoms with Gasteiger partial charge in [0.05, 0.1) is 13.0 Å². The summed E-state index contributed by atoms with van der Waals surface area (Å²) in [6, 6.07) is 10.8. The minimum absolute atomic E-state index is 0.0672. The molecule has 0 unspecified atom stereocenters. The Bertz CT molecular complexity index is 377. The summed E-state index contributed by atoms with van der Waals surface area (Å²) >= 11 is 0. The molecule has 2 rings (SSSR count). The predicted molar refractivity (Wildman–Crippen MR) is 71.1 cm³/mol. The first-order chi connectivity index (χ1) is 8.79. The molecule has 1 aromatic rings. The second-order valence-corrected chi connectivity index (χ2v) is 4.76. The summed E-state index contributed by atoms with van der Waals surface area (Å²) in [6.07, 6.45) is 2.81. The Balaban J connectivity index is 1.89. The quantitative estimate of drug-likeness (QED) is 0.749. The normalized spacial score (nSPS) is 19.9. The van der Waals surface area contributed by atoms with E-state index in [1.54, 1.807) is 0 Å². The van der Waals surface area contributed by atoms with Crippen LogP contribution in [-0.4, -0.2) is 30.1 Å². The Kier molecular flexibility index (Phi) is 4.76. The Labute approximate surface area is 109 Å². The molecule has 1 aliphatic rings. The van der Waals surface area contributed by atoms with E-state index in [0.717, 1.165) is 19.5 Å². The molecule has 18 heavy (non-hydrogen) atoms. The van der Waals surface area contributed by atoms with Crippen molar-refractivity contribution in [2.75, 3.05) is 13.2 Å². The van der Waals surface area contributed by atoms with Crippen molar-refractivity contribution >= 4 is 5.97 Å². The summed E-state index contributed by atoms with van der Waals surface area (Å²) in [7, 11) is 0. The molecule has 1 fully saturated rings. The van der Waals surface area contributed by atoms with E-state index in [1.807, 2.05) is 13.0 Å². The monoisotopic (exact) mass is 247 g/mol. The zero-order valence-electron chi connectivity index (χ0n) is 11.0. The van der Waals surface area contributed by atoms with Crippen molar-refractivity contribution in [1.82, 2.24) is 4.90 Å². The van der Waals surface area contributed by atoms with Crippen LogP contribution in [-0.2, 0) is 16.1 Å². The lowest BCUT2D eigenvalue weighted by atomic mass is 10.1. The van der Waals surface area contributed by atoms with Crippen LogP contribution in [0.3, 0.4) is 0 Å². The molecule has 0 aromatic heterocycles. The summed E-state index contributed by atoms with van der Waals surface area (Å²) in [4.78, 5) is 13.9. The molecule has 0 radical (unpaired) electrons. The van der Waals surface area contributed by atoms with E-state index in [9.17, 15) is 4.79 Å². The molecule has 0 saturated carbocycles. The van der Waals surface area contributed by atoms with Gasteiger partial charge in [0.2, 0.25) is 0 Å². The van der Waals surface area contributed by atoms with Crippen molar-refractivity contribution in [2.24, 2.45) is 0 Å². The minimum Gasteiger partial charge on any atom is -0.466 e. The topological polar surface area (TPSA) is 29.5 Å². The lowest BCUT2D eigenvalue weighted by molar-refractivity contribution is -0.144. The number of likely N-dealkylation sites (tertiary alicyclic amines) is 1. The smallest absolute Gasteiger partial charge is 0.307 e. The maximum Gasteiger partial charge on any atom is 0.307 e. The fourth-order valence-electron chi connectivity index (χ4n) is 2.56. The number of ether oxygens (including phenoxy) is 1. The Morgan fingerprint density at radius 3 is 2.89 bits per heavy atom. The number of hydrogen-bond acceptors (Lipinski definition) is 3. The van der Waals surface area contributed by atoms with Crippen LogP contribution in [0.1, 0.15) is 31.7 Å². The van der Waals surface area contributed by atoms with Gasteiger partial charge < -0.3 is 4.74 Å². The molecule has 3 nitrogen and oxygen atoms in total. The Hall–Kier alpha value is -1.35. The van der Waals surface area contributed by atoms with E-state index in [2.05, 4.69) is 29.2 Å². The van der Waals surface area contributed by atoms with Gasteiger partial charge in [-0.25, -0.2) is 0 Å². The maximum absolute atomic E-state index is 11.5. The minimum atomic E-state index is -0.0672. The number of benzene rings is 1. The number of hydrogen-bond donors (Lipinski definition) is 0. The second kappa shape index (κ2) is 6.55. The number of carbonyl (C=O) groups excluding carboxylic acids is 1. The number of carbonyl (C=O) groups is 1. The number of rotatable bonds is 5. The first kappa shape index (κ1) is 13.1. The van der Waals surface area contributed by atoms with Gasteiger partial charge in [-0.1, -0.05) is 30.3 Å². The average Bonchev–Trinajstić information content (AvgIpc) is 2.78. The predicted octanol–water partition coefficient (Wildman–Crippen LogP) is 2.60. The van der Waals surface area contributed by atoms with Gasteiger partial charge in [-0.3, -0.25) is 9.69 Å². The lowest BCUT2D eigenvalue weighted by Gasteiger charge is -2.23. The van der Waals surface area contributed by atoms with E-state index in [1.165, 1.54) is 12.0 Å². The SMILES string of the molecule is CCOC(=O)C[C@@H]1CCCN1Cc1ccccc1. The Morgan fingerprint density at radius 1 is 1.39 bits per heavy atom. The van der Waals surface area contributed by atoms with Crippen LogP contribution in [0.15, 0.2) is 30.3 Å². The number of esters is 1. The largest absolute Gasteiger partial charge is 0.466 e. The van der Waals surface area contributed by atoms with Gasteiger partial charge in [0.25, 0.3) is 0 Å². The van der Waals surface area contributed by atoms with Crippen LogP contribution in [0.2, 0.25) is 0 Å². The molecule has 1 saturated heterocycles. The van der Waals surface area contributed by atoms with E-state index in [0.29, 0.717) is 19.1 Å². The molecule has 0 aliphatic carbocycles. The third kappa shape index (κ3) is 3.57. The zero-order valence-corrected chi connectivity index (χ0v) is 11.0. The zero-order chi connectivity index (χ0) is 12.8. The van der Waals surface area contributed by atoms with E-state index in [-0.39, 0.29) is 5.97 Å². The maximum atomic E-state index is 11.5. The molecule has 1 aliphatic heterocycles. The van der Waals surface area contributed by atoms with Gasteiger partial charge in [0.15, 0.2) is 0 Å². The van der Waals surface area contributed by atoms with Gasteiger partial charge in [-0.05, 0) is 31.9 Å². The molecular formula is C15H21NO2. The first-order valence-corrected chi connectivity index (χ1v) is 6.73. The molecule has 0 N–H and O–H groups in total. The van der Waals surface area contributed by atoms with E-state index < -0.39 is 0 Å². The molecule has 1 atom stereocenters. The van der Waals surface area contributed by atoms with Gasteiger partial charge in [0.1, 0.15) is 0 Å². The standard InChI is InChI=1S/C15H21NO2/c1-2-18-15(17)11-14-9-6-10-16(14)12-13-7-4-3-5-8-13/h3-5,7-8,14H,2,6,9-12H2,1H3/t14-/m0/s1. The van der Waals surface area contributed by atoms with Crippen LogP contribution >= 0.6 is 0 Å². The molecule has 3 heteroatoms. The number of nitrogens with zero attached hydrogens (tertiary/aromatic N) is 1. The second-order valence-electron chi connectivity index (χ2n) is 4.76. The van der Waals surface area contributed by atoms with E-state index in [4.69, 9.17) is 4.74 Å². The molecule has 98 valence electrons. The van der Waals surface area contributed by atoms with Crippen molar-refractivity contribution in [3.63, 3.8) is 0 Å². The highest BCUT2D eigenvalue weighted by atomic mass is 16.5. The van der Waals surface area contributed by atoms with Crippen molar-refractivity contribution in [2.45, 2.75) is 38.8 Å². The summed E-state index contributed by atoms with van der Waals surface area (Å²) < 4.78 is 5.04. The fraction of sp³-hybridized carbons (Fsp3) is 0.533. The van der Waals surface area contributed by atoms with Gasteiger partial charge >= 0.3 is 5.97 Å². The highest BCUT2D eigenvalue weighted by molar-refractivity contribution is 5.70. The average molecular weight is 247 g/mol. The molecule has 1 aromatic carbocycles. The van der Waals surface area contributed by atoms with Crippen molar-refractivity contribution < 1.29 is 9.53 Å². The van der Waals surface area contributed by atoms with Crippen LogP contribution in [0.4, 0.5) is 0 Å². The van der Waals surface area contributed by atoms with Gasteiger partial charge in [0, 0.05) is 12.6 Å². The summed E-state index contributed by atoms with van der Waals surface area (Å²) in [5.74, 6) is -0.0672. The van der Waals surface area contributed by atoms with Crippen LogP contribution in [0, 0.1) is 0 Å². The molecule has 0 amide bonds. The molecule has 0 spiro atoms. The van der Waals surface area contributed by atoms with Crippen molar-refractivity contribution in [1.29, 1.82) is 0 Å². The van der Waals surface area contributed by atoms with Gasteiger partial charge in [-0.2, -0.15) is 0 Å². The van der Waals surface area contributed by atoms with E-state index >= 15 is 0 Å². The Morgan fingerprint density at radius 2 is 2.17 bits per heavy atom. The third-order valence-corrected chi connectivity index (χ3v) is 3.44. The summed E-state index contributed by atoms with van der Waals surface area (Å²) in [5, 5.41) is 0. The van der Waals surface area contributed by atoms with Gasteiger partial charge in [-0.15, -0.1) is 0 Å². The van der Waals surface area contributed by atoms with Crippen LogP contribution < -0.4 is 0 Å². The fourth-order valence-corrected chi connectivity index (χ4v) is 2.56. The summed E-state index contributed by atoms with van der Waals surface area (Å²) in [5.41, 5.74) is 1.31. The first-order valence-electron chi connectivity index (χ1n) is 6.73. The molecule has 0 bridgehead atoms. The third-order valence-electron chi connectivity index (χ3n) is 3.44. The van der Waals surface area contributed by atoms with Crippen LogP contribution in [0.5, 0.6) is 0 Å². The molecule has 1 heterocycles. The molecular weight excluding hydrogens is 226 g/mol. The highest BCUT2D eigenvalue weighted by Gasteiger charge is 2.26. The summed E-state index contributed by atoms with van der Waals surface area (Å²) in [6.45, 7) is 4.35. The van der Waals surface area contributed by atoms with Crippen LogP contribution in [0.25, 0.3) is 0 Å².